The molecule has 6 atom stereocenters. The lowest BCUT2D eigenvalue weighted by Crippen LogP contribution is -2.46. The van der Waals surface area contributed by atoms with Gasteiger partial charge < -0.3 is 24.2 Å². The summed E-state index contributed by atoms with van der Waals surface area (Å²) in [6.45, 7) is 5.51. The minimum Gasteiger partial charge on any atom is -0.462 e. The number of carbonyl (C=O) groups is 1. The molecule has 2 aromatic rings. The fourth-order valence-corrected chi connectivity index (χ4v) is 5.14. The van der Waals surface area contributed by atoms with E-state index in [4.69, 9.17) is 23.4 Å². The Labute approximate surface area is 219 Å². The lowest BCUT2D eigenvalue weighted by atomic mass is 9.96. The van der Waals surface area contributed by atoms with Gasteiger partial charge in [-0.1, -0.05) is 18.2 Å². The molecular formula is C23H33N4O10P. The molecule has 1 aliphatic heterocycles. The van der Waals surface area contributed by atoms with Crippen LogP contribution in [0, 0.1) is 0 Å². The van der Waals surface area contributed by atoms with Crippen LogP contribution in [0.1, 0.15) is 33.9 Å². The van der Waals surface area contributed by atoms with Crippen LogP contribution in [0.25, 0.3) is 0 Å². The molecule has 14 nitrogen and oxygen atoms in total. The molecule has 1 aliphatic rings. The summed E-state index contributed by atoms with van der Waals surface area (Å²) in [7, 11) is -2.91. The summed E-state index contributed by atoms with van der Waals surface area (Å²) in [5, 5.41) is 24.3. The molecule has 0 bridgehead atoms. The van der Waals surface area contributed by atoms with Crippen LogP contribution in [-0.4, -0.2) is 69.4 Å². The Kier molecular flexibility index (Phi) is 9.65. The fourth-order valence-electron chi connectivity index (χ4n) is 3.64. The van der Waals surface area contributed by atoms with E-state index in [1.54, 1.807) is 32.0 Å². The number of rotatable bonds is 12. The summed E-state index contributed by atoms with van der Waals surface area (Å²) in [4.78, 5) is 33.3. The van der Waals surface area contributed by atoms with E-state index in [1.165, 1.54) is 45.4 Å². The molecule has 1 fully saturated rings. The Morgan fingerprint density at radius 2 is 1.95 bits per heavy atom. The van der Waals surface area contributed by atoms with Gasteiger partial charge in [0.2, 0.25) is 0 Å². The van der Waals surface area contributed by atoms with Crippen LogP contribution in [0.15, 0.2) is 47.4 Å². The fraction of sp³-hybridized carbons (Fsp3) is 0.522. The van der Waals surface area contributed by atoms with E-state index in [9.17, 15) is 24.4 Å². The largest absolute Gasteiger partial charge is 0.462 e. The summed E-state index contributed by atoms with van der Waals surface area (Å²) in [5.74, 6) is -0.367. The van der Waals surface area contributed by atoms with Crippen molar-refractivity contribution in [3.05, 3.63) is 53.1 Å². The Bertz CT molecular complexity index is 1190. The summed E-state index contributed by atoms with van der Waals surface area (Å²) in [6, 6.07) is 8.44. The average Bonchev–Trinajstić information content (AvgIpc) is 3.06. The first-order chi connectivity index (χ1) is 17.9. The second-order valence-corrected chi connectivity index (χ2v) is 10.7. The molecule has 1 aromatic carbocycles. The molecule has 2 unspecified atom stereocenters. The van der Waals surface area contributed by atoms with Crippen molar-refractivity contribution >= 4 is 19.5 Å². The maximum Gasteiger partial charge on any atom is 0.459 e. The lowest BCUT2D eigenvalue weighted by Gasteiger charge is -2.27. The van der Waals surface area contributed by atoms with Crippen LogP contribution in [0.5, 0.6) is 5.75 Å². The monoisotopic (exact) mass is 556 g/mol. The summed E-state index contributed by atoms with van der Waals surface area (Å²) < 4.78 is 36.7. The molecule has 4 N–H and O–H groups in total. The molecule has 210 valence electrons. The highest BCUT2D eigenvalue weighted by Gasteiger charge is 2.54. The summed E-state index contributed by atoms with van der Waals surface area (Å²) in [6.07, 6.45) is -3.26. The molecule has 38 heavy (non-hydrogen) atoms. The number of nitrogens with zero attached hydrogens (tertiary/aromatic N) is 2. The Balaban J connectivity index is 1.79. The SMILES string of the molecule is CONc1ccn([C@@H]2O[C@H](COP(=O)(N[C@@H](C)C(=O)OC(C)C)Oc3ccccc3)[C@H](O)C2(C)O)c(=O)n1. The zero-order chi connectivity index (χ0) is 28.1. The predicted molar refractivity (Wildman–Crippen MR) is 134 cm³/mol. The number of benzene rings is 1. The van der Waals surface area contributed by atoms with E-state index in [0.29, 0.717) is 0 Å². The number of hydrogen-bond donors (Lipinski definition) is 4. The number of aliphatic hydroxyl groups is 2. The van der Waals surface area contributed by atoms with Crippen molar-refractivity contribution in [1.82, 2.24) is 14.6 Å². The first-order valence-corrected chi connectivity index (χ1v) is 13.3. The highest BCUT2D eigenvalue weighted by molar-refractivity contribution is 7.52. The molecule has 1 aromatic heterocycles. The van der Waals surface area contributed by atoms with Gasteiger partial charge >= 0.3 is 19.4 Å². The number of anilines is 1. The van der Waals surface area contributed by atoms with Crippen molar-refractivity contribution in [3.8, 4) is 5.75 Å². The van der Waals surface area contributed by atoms with E-state index in [-0.39, 0.29) is 11.6 Å². The van der Waals surface area contributed by atoms with Gasteiger partial charge in [-0.2, -0.15) is 10.1 Å². The van der Waals surface area contributed by atoms with E-state index in [0.717, 1.165) is 4.57 Å². The quantitative estimate of drug-likeness (QED) is 0.167. The molecule has 15 heteroatoms. The van der Waals surface area contributed by atoms with Gasteiger partial charge in [0.05, 0.1) is 19.8 Å². The summed E-state index contributed by atoms with van der Waals surface area (Å²) >= 11 is 0. The third-order valence-corrected chi connectivity index (χ3v) is 7.12. The van der Waals surface area contributed by atoms with Crippen molar-refractivity contribution in [1.29, 1.82) is 0 Å². The number of hydrogen-bond acceptors (Lipinski definition) is 12. The number of esters is 1. The topological polar surface area (TPSA) is 180 Å². The van der Waals surface area contributed by atoms with E-state index in [1.807, 2.05) is 0 Å². The highest BCUT2D eigenvalue weighted by atomic mass is 31.2. The van der Waals surface area contributed by atoms with Crippen LogP contribution in [0.3, 0.4) is 0 Å². The molecule has 0 amide bonds. The van der Waals surface area contributed by atoms with Crippen LogP contribution in [0.2, 0.25) is 0 Å². The number of nitrogens with one attached hydrogen (secondary N) is 2. The van der Waals surface area contributed by atoms with Crippen molar-refractivity contribution in [2.75, 3.05) is 19.2 Å². The van der Waals surface area contributed by atoms with Crippen molar-refractivity contribution in [2.24, 2.45) is 0 Å². The zero-order valence-corrected chi connectivity index (χ0v) is 22.5. The molecule has 3 rings (SSSR count). The van der Waals surface area contributed by atoms with Crippen LogP contribution in [0.4, 0.5) is 5.82 Å². The summed E-state index contributed by atoms with van der Waals surface area (Å²) in [5.41, 5.74) is -0.332. The molecule has 2 heterocycles. The lowest BCUT2D eigenvalue weighted by molar-refractivity contribution is -0.149. The van der Waals surface area contributed by atoms with Crippen molar-refractivity contribution in [3.63, 3.8) is 0 Å². The number of ether oxygens (including phenoxy) is 2. The van der Waals surface area contributed by atoms with E-state index < -0.39 is 62.2 Å². The maximum atomic E-state index is 13.7. The standard InChI is InChI=1S/C23H33N4O10P/c1-14(2)35-20(29)15(3)26-38(32,37-16-9-7-6-8-10-16)34-13-17-19(28)23(4,31)21(36-17)27-12-11-18(25-33-5)24-22(27)30/h6-12,14-15,17,19,21,28,31H,13H2,1-5H3,(H,26,32)(H,24,25,30)/t15-,17+,19-,21+,23?,38?/m0/s1. The van der Waals surface area contributed by atoms with Gasteiger partial charge in [-0.05, 0) is 45.9 Å². The maximum absolute atomic E-state index is 13.7. The highest BCUT2D eigenvalue weighted by Crippen LogP contribution is 2.46. The third-order valence-electron chi connectivity index (χ3n) is 5.48. The van der Waals surface area contributed by atoms with Crippen LogP contribution in [-0.2, 0) is 28.2 Å². The Morgan fingerprint density at radius 1 is 1.26 bits per heavy atom. The van der Waals surface area contributed by atoms with Gasteiger partial charge in [-0.25, -0.2) is 14.8 Å². The molecule has 0 aliphatic carbocycles. The van der Waals surface area contributed by atoms with Gasteiger partial charge in [0.1, 0.15) is 29.6 Å². The van der Waals surface area contributed by atoms with Crippen LogP contribution < -0.4 is 20.8 Å². The molecule has 1 saturated heterocycles. The van der Waals surface area contributed by atoms with Gasteiger partial charge in [0.25, 0.3) is 0 Å². The number of para-hydroxylation sites is 1. The second kappa shape index (κ2) is 12.3. The van der Waals surface area contributed by atoms with Gasteiger partial charge in [0, 0.05) is 6.20 Å². The number of aliphatic hydroxyl groups excluding tert-OH is 1. The smallest absolute Gasteiger partial charge is 0.459 e. The molecule has 0 saturated carbocycles. The first kappa shape index (κ1) is 29.7. The van der Waals surface area contributed by atoms with Gasteiger partial charge in [0.15, 0.2) is 12.0 Å². The van der Waals surface area contributed by atoms with Gasteiger partial charge in [-0.15, -0.1) is 0 Å². The Hall–Kier alpha value is -2.84. The van der Waals surface area contributed by atoms with Crippen molar-refractivity contribution in [2.45, 2.75) is 63.9 Å². The minimum atomic E-state index is -4.26. The average molecular weight is 557 g/mol. The Morgan fingerprint density at radius 3 is 2.55 bits per heavy atom. The number of carbonyl (C=O) groups excluding carboxylic acids is 1. The third kappa shape index (κ3) is 7.17. The van der Waals surface area contributed by atoms with Crippen molar-refractivity contribution < 1.29 is 42.9 Å². The molecule has 0 radical (unpaired) electrons. The van der Waals surface area contributed by atoms with E-state index in [2.05, 4.69) is 15.6 Å². The van der Waals surface area contributed by atoms with Gasteiger partial charge in [-0.3, -0.25) is 18.7 Å². The molecular weight excluding hydrogens is 523 g/mol. The van der Waals surface area contributed by atoms with E-state index >= 15 is 0 Å². The zero-order valence-electron chi connectivity index (χ0n) is 21.6. The second-order valence-electron chi connectivity index (χ2n) is 9.04. The first-order valence-electron chi connectivity index (χ1n) is 11.8. The van der Waals surface area contributed by atoms with Crippen LogP contribution >= 0.6 is 7.75 Å². The predicted octanol–water partition coefficient (Wildman–Crippen LogP) is 1.36. The molecule has 0 spiro atoms. The minimum absolute atomic E-state index is 0.127. The normalized spacial score (nSPS) is 25.5. The number of aromatic nitrogens is 2.